The van der Waals surface area contributed by atoms with E-state index in [-0.39, 0.29) is 18.4 Å². The van der Waals surface area contributed by atoms with Gasteiger partial charge in [-0.25, -0.2) is 8.78 Å². The summed E-state index contributed by atoms with van der Waals surface area (Å²) >= 11 is 0. The topological polar surface area (TPSA) is 29.3 Å². The summed E-state index contributed by atoms with van der Waals surface area (Å²) in [7, 11) is 0. The summed E-state index contributed by atoms with van der Waals surface area (Å²) in [4.78, 5) is 2.11. The van der Waals surface area contributed by atoms with Crippen LogP contribution in [0.15, 0.2) is 18.2 Å². The second kappa shape index (κ2) is 5.57. The molecule has 16 heavy (non-hydrogen) atoms. The van der Waals surface area contributed by atoms with Gasteiger partial charge in [0, 0.05) is 31.7 Å². The van der Waals surface area contributed by atoms with Crippen molar-refractivity contribution in [3.8, 4) is 0 Å². The molecule has 0 amide bonds. The molecule has 0 spiro atoms. The highest BCUT2D eigenvalue weighted by Crippen LogP contribution is 2.14. The van der Waals surface area contributed by atoms with Gasteiger partial charge in [0.2, 0.25) is 0 Å². The molecule has 0 aromatic heterocycles. The molecule has 1 fully saturated rings. The minimum Gasteiger partial charge on any atom is -0.326 e. The van der Waals surface area contributed by atoms with Gasteiger partial charge in [-0.05, 0) is 24.1 Å². The SMILES string of the molecule is Cl.N[C@H]1CCN(Cc2cc(F)cc(F)c2)C1. The Morgan fingerprint density at radius 1 is 1.25 bits per heavy atom. The summed E-state index contributed by atoms with van der Waals surface area (Å²) in [5, 5.41) is 0. The molecule has 1 heterocycles. The number of halogens is 3. The molecule has 2 rings (SSSR count). The van der Waals surface area contributed by atoms with Crippen LogP contribution in [0.25, 0.3) is 0 Å². The molecule has 1 atom stereocenters. The molecule has 0 radical (unpaired) electrons. The Labute approximate surface area is 99.8 Å². The van der Waals surface area contributed by atoms with Gasteiger partial charge in [-0.2, -0.15) is 0 Å². The van der Waals surface area contributed by atoms with Crippen molar-refractivity contribution in [3.05, 3.63) is 35.4 Å². The van der Waals surface area contributed by atoms with E-state index in [9.17, 15) is 8.78 Å². The summed E-state index contributed by atoms with van der Waals surface area (Å²) in [5.41, 5.74) is 6.42. The van der Waals surface area contributed by atoms with Crippen molar-refractivity contribution in [1.29, 1.82) is 0 Å². The van der Waals surface area contributed by atoms with Gasteiger partial charge in [-0.3, -0.25) is 4.90 Å². The zero-order valence-electron chi connectivity index (χ0n) is 8.83. The third kappa shape index (κ3) is 3.40. The van der Waals surface area contributed by atoms with Crippen LogP contribution in [-0.2, 0) is 6.54 Å². The number of likely N-dealkylation sites (tertiary alicyclic amines) is 1. The standard InChI is InChI=1S/C11H14F2N2.ClH/c12-9-3-8(4-10(13)5-9)6-15-2-1-11(14)7-15;/h3-5,11H,1-2,6-7,14H2;1H/t11-;/m0./s1. The lowest BCUT2D eigenvalue weighted by atomic mass is 10.2. The number of nitrogens with two attached hydrogens (primary N) is 1. The summed E-state index contributed by atoms with van der Waals surface area (Å²) in [6.07, 6.45) is 0.956. The molecule has 5 heteroatoms. The van der Waals surface area contributed by atoms with E-state index in [1.807, 2.05) is 0 Å². The van der Waals surface area contributed by atoms with Crippen LogP contribution in [0.2, 0.25) is 0 Å². The van der Waals surface area contributed by atoms with Crippen LogP contribution >= 0.6 is 12.4 Å². The monoisotopic (exact) mass is 248 g/mol. The molecule has 1 aliphatic rings. The van der Waals surface area contributed by atoms with Crippen LogP contribution in [0.4, 0.5) is 8.78 Å². The number of hydrogen-bond acceptors (Lipinski definition) is 2. The van der Waals surface area contributed by atoms with Crippen molar-refractivity contribution in [2.75, 3.05) is 13.1 Å². The molecule has 0 aliphatic carbocycles. The van der Waals surface area contributed by atoms with Crippen LogP contribution in [0.5, 0.6) is 0 Å². The highest BCUT2D eigenvalue weighted by molar-refractivity contribution is 5.85. The van der Waals surface area contributed by atoms with Gasteiger partial charge in [-0.1, -0.05) is 0 Å². The predicted molar refractivity (Wildman–Crippen MR) is 61.5 cm³/mol. The van der Waals surface area contributed by atoms with Crippen LogP contribution in [-0.4, -0.2) is 24.0 Å². The van der Waals surface area contributed by atoms with E-state index in [0.717, 1.165) is 25.6 Å². The zero-order chi connectivity index (χ0) is 10.8. The third-order valence-electron chi connectivity index (χ3n) is 2.64. The smallest absolute Gasteiger partial charge is 0.126 e. The highest BCUT2D eigenvalue weighted by Gasteiger charge is 2.19. The number of rotatable bonds is 2. The Bertz CT molecular complexity index is 340. The second-order valence-corrected chi connectivity index (χ2v) is 4.06. The molecule has 2 N–H and O–H groups in total. The lowest BCUT2D eigenvalue weighted by Crippen LogP contribution is -2.26. The van der Waals surface area contributed by atoms with Crippen molar-refractivity contribution >= 4 is 12.4 Å². The number of hydrogen-bond donors (Lipinski definition) is 1. The number of nitrogens with zero attached hydrogens (tertiary/aromatic N) is 1. The molecule has 1 aromatic carbocycles. The highest BCUT2D eigenvalue weighted by atomic mass is 35.5. The quantitative estimate of drug-likeness (QED) is 0.867. The fourth-order valence-corrected chi connectivity index (χ4v) is 1.97. The van der Waals surface area contributed by atoms with Gasteiger partial charge < -0.3 is 5.73 Å². The Hall–Kier alpha value is -0.710. The maximum absolute atomic E-state index is 12.9. The zero-order valence-corrected chi connectivity index (χ0v) is 9.64. The van der Waals surface area contributed by atoms with Crippen molar-refractivity contribution in [1.82, 2.24) is 4.90 Å². The molecule has 1 saturated heterocycles. The van der Waals surface area contributed by atoms with Gasteiger partial charge >= 0.3 is 0 Å². The van der Waals surface area contributed by atoms with Crippen LogP contribution in [0, 0.1) is 11.6 Å². The van der Waals surface area contributed by atoms with Gasteiger partial charge in [0.25, 0.3) is 0 Å². The van der Waals surface area contributed by atoms with E-state index >= 15 is 0 Å². The van der Waals surface area contributed by atoms with E-state index < -0.39 is 11.6 Å². The Morgan fingerprint density at radius 2 is 1.88 bits per heavy atom. The summed E-state index contributed by atoms with van der Waals surface area (Å²) in [6, 6.07) is 3.82. The van der Waals surface area contributed by atoms with E-state index in [4.69, 9.17) is 5.73 Å². The maximum atomic E-state index is 12.9. The minimum absolute atomic E-state index is 0. The van der Waals surface area contributed by atoms with Crippen LogP contribution in [0.1, 0.15) is 12.0 Å². The van der Waals surface area contributed by atoms with Crippen molar-refractivity contribution in [3.63, 3.8) is 0 Å². The molecule has 0 unspecified atom stereocenters. The first-order chi connectivity index (χ1) is 7.13. The molecule has 2 nitrogen and oxygen atoms in total. The van der Waals surface area contributed by atoms with Crippen molar-refractivity contribution in [2.24, 2.45) is 5.73 Å². The lowest BCUT2D eigenvalue weighted by Gasteiger charge is -2.15. The first-order valence-electron chi connectivity index (χ1n) is 5.06. The maximum Gasteiger partial charge on any atom is 0.126 e. The summed E-state index contributed by atoms with van der Waals surface area (Å²) in [5.74, 6) is -1.04. The molecule has 1 aliphatic heterocycles. The van der Waals surface area contributed by atoms with Gasteiger partial charge in [0.1, 0.15) is 11.6 Å². The van der Waals surface area contributed by atoms with Crippen molar-refractivity contribution < 1.29 is 8.78 Å². The minimum atomic E-state index is -0.520. The average Bonchev–Trinajstić information content (AvgIpc) is 2.49. The van der Waals surface area contributed by atoms with E-state index in [1.54, 1.807) is 0 Å². The fraction of sp³-hybridized carbons (Fsp3) is 0.455. The van der Waals surface area contributed by atoms with Crippen LogP contribution in [0.3, 0.4) is 0 Å². The molecule has 0 saturated carbocycles. The largest absolute Gasteiger partial charge is 0.326 e. The molecular formula is C11H15ClF2N2. The second-order valence-electron chi connectivity index (χ2n) is 4.06. The fourth-order valence-electron chi connectivity index (χ4n) is 1.97. The normalized spacial score (nSPS) is 20.8. The predicted octanol–water partition coefficient (Wildman–Crippen LogP) is 1.92. The van der Waals surface area contributed by atoms with Gasteiger partial charge in [0.15, 0.2) is 0 Å². The molecule has 90 valence electrons. The first kappa shape index (κ1) is 13.4. The Kier molecular flexibility index (Phi) is 4.65. The first-order valence-corrected chi connectivity index (χ1v) is 5.06. The lowest BCUT2D eigenvalue weighted by molar-refractivity contribution is 0.325. The number of benzene rings is 1. The molecule has 1 aromatic rings. The molecule has 0 bridgehead atoms. The van der Waals surface area contributed by atoms with Crippen LogP contribution < -0.4 is 5.73 Å². The third-order valence-corrected chi connectivity index (χ3v) is 2.64. The van der Waals surface area contributed by atoms with Gasteiger partial charge in [-0.15, -0.1) is 12.4 Å². The summed E-state index contributed by atoms with van der Waals surface area (Å²) in [6.45, 7) is 2.28. The van der Waals surface area contributed by atoms with E-state index in [0.29, 0.717) is 12.1 Å². The van der Waals surface area contributed by atoms with E-state index in [2.05, 4.69) is 4.90 Å². The van der Waals surface area contributed by atoms with Crippen molar-refractivity contribution in [2.45, 2.75) is 19.0 Å². The molecular weight excluding hydrogens is 234 g/mol. The van der Waals surface area contributed by atoms with Gasteiger partial charge in [0.05, 0.1) is 0 Å². The van der Waals surface area contributed by atoms with E-state index in [1.165, 1.54) is 12.1 Å². The summed E-state index contributed by atoms with van der Waals surface area (Å²) < 4.78 is 25.8. The Morgan fingerprint density at radius 3 is 2.38 bits per heavy atom. The average molecular weight is 249 g/mol. The Balaban J connectivity index is 0.00000128.